The molecule has 1 aromatic rings. The lowest BCUT2D eigenvalue weighted by Gasteiger charge is -2.22. The van der Waals surface area contributed by atoms with E-state index in [0.717, 1.165) is 5.69 Å². The van der Waals surface area contributed by atoms with Crippen LogP contribution < -0.4 is 10.2 Å². The number of nitriles is 3. The van der Waals surface area contributed by atoms with Crippen LogP contribution >= 0.6 is 0 Å². The summed E-state index contributed by atoms with van der Waals surface area (Å²) in [5.41, 5.74) is 1.50. The molecule has 2 N–H and O–H groups in total. The Hall–Kier alpha value is -3.34. The number of carbonyl (C=O) groups is 1. The smallest absolute Gasteiger partial charge is 0.262 e. The molecule has 0 aromatic heterocycles. The minimum absolute atomic E-state index is 0.0491. The third-order valence-electron chi connectivity index (χ3n) is 3.32. The Morgan fingerprint density at radius 1 is 1.12 bits per heavy atom. The molecule has 1 rings (SSSR count). The molecule has 0 aliphatic heterocycles. The van der Waals surface area contributed by atoms with Crippen LogP contribution in [-0.4, -0.2) is 37.3 Å². The van der Waals surface area contributed by atoms with Gasteiger partial charge in [-0.25, -0.2) is 0 Å². The Kier molecular flexibility index (Phi) is 8.86. The molecule has 0 saturated heterocycles. The Balaban J connectivity index is 2.90. The number of carbonyl (C=O) groups excluding carboxylic acids is 1. The number of amides is 1. The van der Waals surface area contributed by atoms with E-state index < -0.39 is 5.91 Å². The number of aliphatic hydroxyl groups is 1. The SMILES string of the molecule is N#CCCN(CCC#N)c1ccc(/C=C(\C#N)C(=O)NCCO)cc1. The van der Waals surface area contributed by atoms with E-state index in [9.17, 15) is 4.79 Å². The number of rotatable bonds is 9. The molecule has 25 heavy (non-hydrogen) atoms. The first-order valence-corrected chi connectivity index (χ1v) is 7.76. The van der Waals surface area contributed by atoms with E-state index in [1.807, 2.05) is 23.1 Å². The van der Waals surface area contributed by atoms with Gasteiger partial charge in [0, 0.05) is 25.3 Å². The van der Waals surface area contributed by atoms with Gasteiger partial charge in [-0.3, -0.25) is 4.79 Å². The summed E-state index contributed by atoms with van der Waals surface area (Å²) in [4.78, 5) is 13.7. The van der Waals surface area contributed by atoms with Crippen molar-refractivity contribution in [1.82, 2.24) is 5.32 Å². The fraction of sp³-hybridized carbons (Fsp3) is 0.333. The van der Waals surface area contributed by atoms with Crippen molar-refractivity contribution in [2.75, 3.05) is 31.1 Å². The summed E-state index contributed by atoms with van der Waals surface area (Å²) in [6, 6.07) is 13.2. The van der Waals surface area contributed by atoms with Crippen molar-refractivity contribution < 1.29 is 9.90 Å². The highest BCUT2D eigenvalue weighted by atomic mass is 16.3. The van der Waals surface area contributed by atoms with E-state index in [1.54, 1.807) is 12.1 Å². The Morgan fingerprint density at radius 2 is 1.72 bits per heavy atom. The van der Waals surface area contributed by atoms with E-state index in [4.69, 9.17) is 20.9 Å². The van der Waals surface area contributed by atoms with E-state index in [2.05, 4.69) is 17.5 Å². The van der Waals surface area contributed by atoms with Crippen LogP contribution in [0.5, 0.6) is 0 Å². The monoisotopic (exact) mass is 337 g/mol. The van der Waals surface area contributed by atoms with Crippen LogP contribution in [0.2, 0.25) is 0 Å². The van der Waals surface area contributed by atoms with Gasteiger partial charge < -0.3 is 15.3 Å². The summed E-state index contributed by atoms with van der Waals surface area (Å²) in [6.45, 7) is 0.949. The molecule has 1 aromatic carbocycles. The molecule has 0 bridgehead atoms. The minimum Gasteiger partial charge on any atom is -0.395 e. The number of anilines is 1. The second-order valence-corrected chi connectivity index (χ2v) is 5.04. The Labute approximate surface area is 147 Å². The van der Waals surface area contributed by atoms with Crippen molar-refractivity contribution in [2.24, 2.45) is 0 Å². The molecule has 1 amide bonds. The number of hydrogen-bond acceptors (Lipinski definition) is 6. The van der Waals surface area contributed by atoms with Crippen LogP contribution in [0.4, 0.5) is 5.69 Å². The Bertz CT molecular complexity index is 702. The summed E-state index contributed by atoms with van der Waals surface area (Å²) < 4.78 is 0. The first kappa shape index (κ1) is 19.7. The molecule has 0 aliphatic carbocycles. The molecule has 0 heterocycles. The quantitative estimate of drug-likeness (QED) is 0.517. The van der Waals surface area contributed by atoms with Crippen LogP contribution in [0, 0.1) is 34.0 Å². The van der Waals surface area contributed by atoms with Crippen molar-refractivity contribution in [2.45, 2.75) is 12.8 Å². The zero-order valence-electron chi connectivity index (χ0n) is 13.8. The van der Waals surface area contributed by atoms with Gasteiger partial charge in [0.2, 0.25) is 0 Å². The molecule has 7 nitrogen and oxygen atoms in total. The molecule has 128 valence electrons. The largest absolute Gasteiger partial charge is 0.395 e. The van der Waals surface area contributed by atoms with Crippen molar-refractivity contribution in [3.05, 3.63) is 35.4 Å². The zero-order chi connectivity index (χ0) is 18.5. The van der Waals surface area contributed by atoms with Crippen LogP contribution in [-0.2, 0) is 4.79 Å². The standard InChI is InChI=1S/C18H19N5O2/c19-7-1-10-23(11-2-8-20)17-5-3-15(4-6-17)13-16(14-21)18(25)22-9-12-24/h3-6,13,24H,1-2,9-12H2,(H,22,25)/b16-13+. The van der Waals surface area contributed by atoms with E-state index in [0.29, 0.717) is 31.5 Å². The van der Waals surface area contributed by atoms with Gasteiger partial charge in [0.1, 0.15) is 11.6 Å². The van der Waals surface area contributed by atoms with Gasteiger partial charge in [-0.15, -0.1) is 0 Å². The molecule has 0 spiro atoms. The number of nitrogens with zero attached hydrogens (tertiary/aromatic N) is 4. The highest BCUT2D eigenvalue weighted by Gasteiger charge is 2.09. The maximum Gasteiger partial charge on any atom is 0.262 e. The van der Waals surface area contributed by atoms with Gasteiger partial charge in [-0.2, -0.15) is 15.8 Å². The van der Waals surface area contributed by atoms with Crippen molar-refractivity contribution in [3.63, 3.8) is 0 Å². The summed E-state index contributed by atoms with van der Waals surface area (Å²) in [7, 11) is 0. The summed E-state index contributed by atoms with van der Waals surface area (Å²) in [6.07, 6.45) is 2.18. The molecular formula is C18H19N5O2. The lowest BCUT2D eigenvalue weighted by atomic mass is 10.1. The number of aliphatic hydroxyl groups excluding tert-OH is 1. The van der Waals surface area contributed by atoms with Gasteiger partial charge in [-0.1, -0.05) is 12.1 Å². The summed E-state index contributed by atoms with van der Waals surface area (Å²) in [5, 5.41) is 37.7. The maximum atomic E-state index is 11.8. The number of hydrogen-bond donors (Lipinski definition) is 2. The van der Waals surface area contributed by atoms with Crippen LogP contribution in [0.3, 0.4) is 0 Å². The highest BCUT2D eigenvalue weighted by molar-refractivity contribution is 6.01. The number of nitrogens with one attached hydrogen (secondary N) is 1. The lowest BCUT2D eigenvalue weighted by molar-refractivity contribution is -0.117. The first-order valence-electron chi connectivity index (χ1n) is 7.76. The molecular weight excluding hydrogens is 318 g/mol. The van der Waals surface area contributed by atoms with E-state index in [1.165, 1.54) is 6.08 Å². The predicted molar refractivity (Wildman–Crippen MR) is 92.8 cm³/mol. The molecule has 7 heteroatoms. The molecule has 0 atom stereocenters. The molecule has 0 radical (unpaired) electrons. The number of benzene rings is 1. The second-order valence-electron chi connectivity index (χ2n) is 5.04. The zero-order valence-corrected chi connectivity index (χ0v) is 13.8. The maximum absolute atomic E-state index is 11.8. The summed E-state index contributed by atoms with van der Waals surface area (Å²) >= 11 is 0. The molecule has 0 fully saturated rings. The van der Waals surface area contributed by atoms with Crippen molar-refractivity contribution >= 4 is 17.7 Å². The average molecular weight is 337 g/mol. The minimum atomic E-state index is -0.537. The van der Waals surface area contributed by atoms with Crippen LogP contribution in [0.1, 0.15) is 18.4 Å². The van der Waals surface area contributed by atoms with Gasteiger partial charge in [0.25, 0.3) is 5.91 Å². The van der Waals surface area contributed by atoms with Crippen molar-refractivity contribution in [3.8, 4) is 18.2 Å². The third-order valence-corrected chi connectivity index (χ3v) is 3.32. The van der Waals surface area contributed by atoms with E-state index in [-0.39, 0.29) is 18.7 Å². The molecule has 0 saturated carbocycles. The molecule has 0 aliphatic rings. The fourth-order valence-corrected chi connectivity index (χ4v) is 2.10. The van der Waals surface area contributed by atoms with Crippen molar-refractivity contribution in [1.29, 1.82) is 15.8 Å². The Morgan fingerprint density at radius 3 is 2.20 bits per heavy atom. The normalized spacial score (nSPS) is 10.2. The first-order chi connectivity index (χ1) is 12.2. The predicted octanol–water partition coefficient (Wildman–Crippen LogP) is 1.34. The average Bonchev–Trinajstić information content (AvgIpc) is 2.65. The van der Waals surface area contributed by atoms with Crippen LogP contribution in [0.15, 0.2) is 29.8 Å². The fourth-order valence-electron chi connectivity index (χ4n) is 2.10. The third kappa shape index (κ3) is 6.74. The van der Waals surface area contributed by atoms with Gasteiger partial charge in [0.05, 0.1) is 31.6 Å². The van der Waals surface area contributed by atoms with E-state index >= 15 is 0 Å². The highest BCUT2D eigenvalue weighted by Crippen LogP contribution is 2.17. The molecule has 0 unspecified atom stereocenters. The van der Waals surface area contributed by atoms with Gasteiger partial charge in [-0.05, 0) is 23.8 Å². The van der Waals surface area contributed by atoms with Gasteiger partial charge in [0.15, 0.2) is 0 Å². The lowest BCUT2D eigenvalue weighted by Crippen LogP contribution is -2.27. The van der Waals surface area contributed by atoms with Gasteiger partial charge >= 0.3 is 0 Å². The van der Waals surface area contributed by atoms with Crippen LogP contribution in [0.25, 0.3) is 6.08 Å². The topological polar surface area (TPSA) is 124 Å². The summed E-state index contributed by atoms with van der Waals surface area (Å²) in [5.74, 6) is -0.537. The second kappa shape index (κ2) is 11.2.